The fraction of sp³-hybridized carbons (Fsp3) is 0.778. The topological polar surface area (TPSA) is 51.9 Å². The van der Waals surface area contributed by atoms with E-state index in [-0.39, 0.29) is 11.2 Å². The van der Waals surface area contributed by atoms with E-state index >= 15 is 0 Å². The SMILES string of the molecule is Cn1cnn(CCNC(C)(C)C)c1=O. The fourth-order valence-corrected chi connectivity index (χ4v) is 1.11. The van der Waals surface area contributed by atoms with Crippen molar-refractivity contribution in [3.63, 3.8) is 0 Å². The Hall–Kier alpha value is -1.10. The molecule has 1 aromatic rings. The highest BCUT2D eigenvalue weighted by atomic mass is 16.2. The minimum absolute atomic E-state index is 0.0688. The number of hydrogen-bond acceptors (Lipinski definition) is 3. The Morgan fingerprint density at radius 3 is 2.57 bits per heavy atom. The van der Waals surface area contributed by atoms with E-state index in [9.17, 15) is 4.79 Å². The largest absolute Gasteiger partial charge is 0.345 e. The summed E-state index contributed by atoms with van der Waals surface area (Å²) in [6.07, 6.45) is 1.53. The van der Waals surface area contributed by atoms with Crippen LogP contribution in [-0.2, 0) is 13.6 Å². The molecule has 0 saturated carbocycles. The number of hydrogen-bond donors (Lipinski definition) is 1. The third-order valence-electron chi connectivity index (χ3n) is 1.87. The quantitative estimate of drug-likeness (QED) is 0.742. The van der Waals surface area contributed by atoms with Gasteiger partial charge < -0.3 is 5.32 Å². The van der Waals surface area contributed by atoms with Crippen LogP contribution in [0, 0.1) is 0 Å². The van der Waals surface area contributed by atoms with Crippen molar-refractivity contribution in [3.05, 3.63) is 16.8 Å². The summed E-state index contributed by atoms with van der Waals surface area (Å²) in [4.78, 5) is 11.4. The van der Waals surface area contributed by atoms with Crippen LogP contribution in [-0.4, -0.2) is 26.4 Å². The molecule has 1 rings (SSSR count). The lowest BCUT2D eigenvalue weighted by Gasteiger charge is -2.20. The first kappa shape index (κ1) is 11.0. The van der Waals surface area contributed by atoms with Crippen molar-refractivity contribution in [1.29, 1.82) is 0 Å². The summed E-state index contributed by atoms with van der Waals surface area (Å²) in [5, 5.41) is 7.26. The molecule has 0 saturated heterocycles. The highest BCUT2D eigenvalue weighted by molar-refractivity contribution is 4.71. The van der Waals surface area contributed by atoms with E-state index < -0.39 is 0 Å². The van der Waals surface area contributed by atoms with E-state index in [2.05, 4.69) is 31.2 Å². The van der Waals surface area contributed by atoms with Crippen molar-refractivity contribution in [2.75, 3.05) is 6.54 Å². The number of nitrogens with one attached hydrogen (secondary N) is 1. The predicted molar refractivity (Wildman–Crippen MR) is 55.2 cm³/mol. The first-order valence-electron chi connectivity index (χ1n) is 4.73. The van der Waals surface area contributed by atoms with Gasteiger partial charge in [0.25, 0.3) is 0 Å². The van der Waals surface area contributed by atoms with Gasteiger partial charge >= 0.3 is 5.69 Å². The molecule has 0 radical (unpaired) electrons. The van der Waals surface area contributed by atoms with Gasteiger partial charge in [0, 0.05) is 19.1 Å². The minimum Gasteiger partial charge on any atom is -0.310 e. The van der Waals surface area contributed by atoms with Crippen LogP contribution in [0.1, 0.15) is 20.8 Å². The summed E-state index contributed by atoms with van der Waals surface area (Å²) in [6.45, 7) is 7.63. The monoisotopic (exact) mass is 198 g/mol. The van der Waals surface area contributed by atoms with Crippen LogP contribution in [0.5, 0.6) is 0 Å². The summed E-state index contributed by atoms with van der Waals surface area (Å²) in [5.74, 6) is 0. The van der Waals surface area contributed by atoms with Gasteiger partial charge in [-0.3, -0.25) is 4.57 Å². The van der Waals surface area contributed by atoms with Crippen LogP contribution in [0.3, 0.4) is 0 Å². The van der Waals surface area contributed by atoms with E-state index in [4.69, 9.17) is 0 Å². The van der Waals surface area contributed by atoms with Gasteiger partial charge in [-0.1, -0.05) is 0 Å². The van der Waals surface area contributed by atoms with Crippen LogP contribution in [0.15, 0.2) is 11.1 Å². The molecule has 80 valence electrons. The Morgan fingerprint density at radius 2 is 2.14 bits per heavy atom. The van der Waals surface area contributed by atoms with Crippen molar-refractivity contribution in [2.24, 2.45) is 7.05 Å². The van der Waals surface area contributed by atoms with E-state index in [1.807, 2.05) is 0 Å². The maximum absolute atomic E-state index is 11.4. The lowest BCUT2D eigenvalue weighted by atomic mass is 10.1. The maximum atomic E-state index is 11.4. The van der Waals surface area contributed by atoms with Crippen LogP contribution in [0.25, 0.3) is 0 Å². The zero-order valence-electron chi connectivity index (χ0n) is 9.24. The standard InChI is InChI=1S/C9H18N4O/c1-9(2,3)10-5-6-13-8(14)12(4)7-11-13/h7,10H,5-6H2,1-4H3. The first-order valence-corrected chi connectivity index (χ1v) is 4.73. The molecule has 0 aliphatic heterocycles. The molecule has 0 fully saturated rings. The Kier molecular flexibility index (Phi) is 3.10. The van der Waals surface area contributed by atoms with E-state index in [0.29, 0.717) is 6.54 Å². The molecule has 0 atom stereocenters. The van der Waals surface area contributed by atoms with Gasteiger partial charge in [-0.15, -0.1) is 0 Å². The molecule has 1 heterocycles. The van der Waals surface area contributed by atoms with E-state index in [0.717, 1.165) is 6.54 Å². The third kappa shape index (κ3) is 2.99. The first-order chi connectivity index (χ1) is 6.40. The highest BCUT2D eigenvalue weighted by Gasteiger charge is 2.08. The average molecular weight is 198 g/mol. The van der Waals surface area contributed by atoms with Gasteiger partial charge in [0.1, 0.15) is 6.33 Å². The molecule has 14 heavy (non-hydrogen) atoms. The molecule has 0 aliphatic rings. The number of rotatable bonds is 3. The fourth-order valence-electron chi connectivity index (χ4n) is 1.11. The van der Waals surface area contributed by atoms with Crippen LogP contribution < -0.4 is 11.0 Å². The molecule has 0 spiro atoms. The molecule has 5 heteroatoms. The third-order valence-corrected chi connectivity index (χ3v) is 1.87. The second-order valence-electron chi connectivity index (χ2n) is 4.42. The Bertz CT molecular complexity index is 344. The van der Waals surface area contributed by atoms with Gasteiger partial charge in [0.15, 0.2) is 0 Å². The van der Waals surface area contributed by atoms with Crippen LogP contribution in [0.2, 0.25) is 0 Å². The lowest BCUT2D eigenvalue weighted by Crippen LogP contribution is -2.39. The number of aryl methyl sites for hydroxylation is 1. The van der Waals surface area contributed by atoms with Crippen molar-refractivity contribution >= 4 is 0 Å². The Labute approximate surface area is 83.7 Å². The van der Waals surface area contributed by atoms with Gasteiger partial charge in [-0.25, -0.2) is 9.48 Å². The van der Waals surface area contributed by atoms with Crippen molar-refractivity contribution in [2.45, 2.75) is 32.9 Å². The second-order valence-corrected chi connectivity index (χ2v) is 4.42. The van der Waals surface area contributed by atoms with Crippen LogP contribution in [0.4, 0.5) is 0 Å². The van der Waals surface area contributed by atoms with Gasteiger partial charge in [-0.2, -0.15) is 5.10 Å². The summed E-state index contributed by atoms with van der Waals surface area (Å²) in [6, 6.07) is 0. The molecule has 0 unspecified atom stereocenters. The zero-order chi connectivity index (χ0) is 10.8. The molecule has 0 bridgehead atoms. The molecule has 0 aliphatic carbocycles. The van der Waals surface area contributed by atoms with E-state index in [1.54, 1.807) is 7.05 Å². The summed E-state index contributed by atoms with van der Waals surface area (Å²) in [7, 11) is 1.70. The molecule has 0 aromatic carbocycles. The zero-order valence-corrected chi connectivity index (χ0v) is 9.24. The Balaban J connectivity index is 2.47. The summed E-state index contributed by atoms with van der Waals surface area (Å²) >= 11 is 0. The van der Waals surface area contributed by atoms with Gasteiger partial charge in [0.05, 0.1) is 6.54 Å². The summed E-state index contributed by atoms with van der Waals surface area (Å²) < 4.78 is 2.93. The highest BCUT2D eigenvalue weighted by Crippen LogP contribution is 1.96. The van der Waals surface area contributed by atoms with Crippen LogP contribution >= 0.6 is 0 Å². The maximum Gasteiger partial charge on any atom is 0.345 e. The minimum atomic E-state index is -0.0688. The number of nitrogens with zero attached hydrogens (tertiary/aromatic N) is 3. The van der Waals surface area contributed by atoms with Gasteiger partial charge in [-0.05, 0) is 20.8 Å². The Morgan fingerprint density at radius 1 is 1.50 bits per heavy atom. The van der Waals surface area contributed by atoms with Crippen molar-refractivity contribution < 1.29 is 0 Å². The molecular weight excluding hydrogens is 180 g/mol. The molecule has 0 amide bonds. The normalized spacial score (nSPS) is 12.0. The number of aromatic nitrogens is 3. The molecular formula is C9H18N4O. The van der Waals surface area contributed by atoms with Crippen molar-refractivity contribution in [3.8, 4) is 0 Å². The average Bonchev–Trinajstić information content (AvgIpc) is 2.33. The second kappa shape index (κ2) is 3.96. The molecule has 1 N–H and O–H groups in total. The lowest BCUT2D eigenvalue weighted by molar-refractivity contribution is 0.402. The molecule has 5 nitrogen and oxygen atoms in total. The molecule has 1 aromatic heterocycles. The van der Waals surface area contributed by atoms with E-state index in [1.165, 1.54) is 15.6 Å². The van der Waals surface area contributed by atoms with Gasteiger partial charge in [0.2, 0.25) is 0 Å². The van der Waals surface area contributed by atoms with Crippen molar-refractivity contribution in [1.82, 2.24) is 19.7 Å². The predicted octanol–water partition coefficient (Wildman–Crippen LogP) is -0.0301. The summed E-state index contributed by atoms with van der Waals surface area (Å²) in [5.41, 5.74) is 0.0129. The smallest absolute Gasteiger partial charge is 0.310 e.